The number of nitrogens with zero attached hydrogens (tertiary/aromatic N) is 4. The molecule has 0 aliphatic heterocycles. The van der Waals surface area contributed by atoms with Crippen LogP contribution in [0.15, 0.2) is 223 Å². The Morgan fingerprint density at radius 3 is 1.52 bits per heavy atom. The molecule has 0 fully saturated rings. The Morgan fingerprint density at radius 2 is 0.823 bits per heavy atom. The van der Waals surface area contributed by atoms with E-state index in [1.165, 1.54) is 0 Å². The summed E-state index contributed by atoms with van der Waals surface area (Å²) in [6.07, 6.45) is 0. The first-order valence-corrected chi connectivity index (χ1v) is 20.8. The lowest BCUT2D eigenvalue weighted by molar-refractivity contribution is 0.672. The van der Waals surface area contributed by atoms with Gasteiger partial charge < -0.3 is 4.42 Å². The minimum absolute atomic E-state index is 0.509. The van der Waals surface area contributed by atoms with Crippen molar-refractivity contribution in [2.24, 2.45) is 0 Å². The number of benzene rings is 9. The highest BCUT2D eigenvalue weighted by atomic mass is 16.3. The van der Waals surface area contributed by atoms with Gasteiger partial charge in [0, 0.05) is 38.2 Å². The molecule has 290 valence electrons. The third kappa shape index (κ3) is 6.06. The standard InChI is InChI=1S/C57H36N4O/c1-5-16-37(17-6-1)40-28-30-42(31-29-40)55-58-56(44-25-15-24-43(34-44)38-18-7-2-8-19-38)60-57(59-55)61-51-27-14-13-26-46(51)47-32-33-48-50-36-45(39-20-9-3-10-21-39)35-49(41-22-11-4-12-23-41)53(50)62-54(48)52(47)61/h1-36H. The maximum Gasteiger partial charge on any atom is 0.238 e. The summed E-state index contributed by atoms with van der Waals surface area (Å²) in [5.41, 5.74) is 14.2. The summed E-state index contributed by atoms with van der Waals surface area (Å²) in [6, 6.07) is 76.2. The molecule has 3 heterocycles. The minimum atomic E-state index is 0.509. The Bertz CT molecular complexity index is 3600. The zero-order chi connectivity index (χ0) is 41.0. The molecule has 0 amide bonds. The average Bonchev–Trinajstić information content (AvgIpc) is 3.91. The second-order valence-corrected chi connectivity index (χ2v) is 15.6. The zero-order valence-corrected chi connectivity index (χ0v) is 33.5. The van der Waals surface area contributed by atoms with Gasteiger partial charge in [0.15, 0.2) is 17.2 Å². The third-order valence-corrected chi connectivity index (χ3v) is 11.9. The smallest absolute Gasteiger partial charge is 0.238 e. The summed E-state index contributed by atoms with van der Waals surface area (Å²) in [5, 5.41) is 4.21. The van der Waals surface area contributed by atoms with E-state index in [4.69, 9.17) is 19.4 Å². The molecule has 0 unspecified atom stereocenters. The number of furan rings is 1. The van der Waals surface area contributed by atoms with Gasteiger partial charge in [0.2, 0.25) is 5.95 Å². The van der Waals surface area contributed by atoms with Crippen LogP contribution < -0.4 is 0 Å². The highest BCUT2D eigenvalue weighted by molar-refractivity contribution is 6.23. The van der Waals surface area contributed by atoms with E-state index < -0.39 is 0 Å². The minimum Gasteiger partial charge on any atom is -0.453 e. The highest BCUT2D eigenvalue weighted by Gasteiger charge is 2.24. The molecule has 9 aromatic carbocycles. The Balaban J connectivity index is 1.13. The van der Waals surface area contributed by atoms with E-state index in [1.807, 2.05) is 12.1 Å². The fraction of sp³-hybridized carbons (Fsp3) is 0. The number of para-hydroxylation sites is 1. The van der Waals surface area contributed by atoms with Crippen molar-refractivity contribution < 1.29 is 4.42 Å². The van der Waals surface area contributed by atoms with Gasteiger partial charge in [0.25, 0.3) is 0 Å². The molecule has 0 saturated heterocycles. The number of rotatable bonds is 7. The van der Waals surface area contributed by atoms with Gasteiger partial charge >= 0.3 is 0 Å². The van der Waals surface area contributed by atoms with E-state index in [0.29, 0.717) is 17.6 Å². The molecule has 0 N–H and O–H groups in total. The van der Waals surface area contributed by atoms with Crippen LogP contribution in [0.1, 0.15) is 0 Å². The fourth-order valence-electron chi connectivity index (χ4n) is 8.85. The molecule has 62 heavy (non-hydrogen) atoms. The fourth-order valence-corrected chi connectivity index (χ4v) is 8.85. The maximum atomic E-state index is 7.19. The summed E-state index contributed by atoms with van der Waals surface area (Å²) < 4.78 is 9.36. The first-order valence-electron chi connectivity index (χ1n) is 20.8. The molecule has 0 aliphatic carbocycles. The topological polar surface area (TPSA) is 56.7 Å². The summed E-state index contributed by atoms with van der Waals surface area (Å²) in [6.45, 7) is 0. The second-order valence-electron chi connectivity index (χ2n) is 15.6. The molecule has 3 aromatic heterocycles. The van der Waals surface area contributed by atoms with Crippen LogP contribution in [-0.4, -0.2) is 19.5 Å². The molecule has 0 spiro atoms. The number of fused-ring (bicyclic) bond motifs is 7. The summed E-state index contributed by atoms with van der Waals surface area (Å²) >= 11 is 0. The molecular weight excluding hydrogens is 757 g/mol. The number of hydrogen-bond acceptors (Lipinski definition) is 4. The third-order valence-electron chi connectivity index (χ3n) is 11.9. The predicted octanol–water partition coefficient (Wildman–Crippen LogP) is 14.9. The van der Waals surface area contributed by atoms with Crippen molar-refractivity contribution in [3.05, 3.63) is 218 Å². The Kier molecular flexibility index (Phi) is 8.42. The first-order chi connectivity index (χ1) is 30.7. The normalized spacial score (nSPS) is 11.5. The summed E-state index contributed by atoms with van der Waals surface area (Å²) in [5.74, 6) is 1.67. The molecule has 5 nitrogen and oxygen atoms in total. The summed E-state index contributed by atoms with van der Waals surface area (Å²) in [4.78, 5) is 15.9. The lowest BCUT2D eigenvalue weighted by atomic mass is 9.95. The first kappa shape index (κ1) is 35.5. The van der Waals surface area contributed by atoms with Gasteiger partial charge in [-0.2, -0.15) is 9.97 Å². The van der Waals surface area contributed by atoms with Crippen LogP contribution in [0.4, 0.5) is 0 Å². The van der Waals surface area contributed by atoms with Crippen LogP contribution in [0, 0.1) is 0 Å². The van der Waals surface area contributed by atoms with E-state index in [2.05, 4.69) is 211 Å². The largest absolute Gasteiger partial charge is 0.453 e. The van der Waals surface area contributed by atoms with Gasteiger partial charge in [-0.25, -0.2) is 4.98 Å². The van der Waals surface area contributed by atoms with Crippen molar-refractivity contribution in [2.45, 2.75) is 0 Å². The van der Waals surface area contributed by atoms with Crippen LogP contribution in [-0.2, 0) is 0 Å². The molecule has 5 heteroatoms. The van der Waals surface area contributed by atoms with Gasteiger partial charge in [0.1, 0.15) is 11.1 Å². The Morgan fingerprint density at radius 1 is 0.306 bits per heavy atom. The highest BCUT2D eigenvalue weighted by Crippen LogP contribution is 2.44. The van der Waals surface area contributed by atoms with E-state index in [-0.39, 0.29) is 0 Å². The lowest BCUT2D eigenvalue weighted by Gasteiger charge is -2.12. The molecule has 12 rings (SSSR count). The monoisotopic (exact) mass is 792 g/mol. The Hall–Kier alpha value is -8.41. The average molecular weight is 793 g/mol. The molecule has 0 bridgehead atoms. The van der Waals surface area contributed by atoms with Crippen LogP contribution in [0.3, 0.4) is 0 Å². The Labute approximate surface area is 357 Å². The van der Waals surface area contributed by atoms with Gasteiger partial charge in [-0.15, -0.1) is 0 Å². The molecule has 0 radical (unpaired) electrons. The van der Waals surface area contributed by atoms with Crippen LogP contribution >= 0.6 is 0 Å². The van der Waals surface area contributed by atoms with Crippen LogP contribution in [0.5, 0.6) is 0 Å². The van der Waals surface area contributed by atoms with Crippen LogP contribution in [0.2, 0.25) is 0 Å². The van der Waals surface area contributed by atoms with Crippen molar-refractivity contribution in [2.75, 3.05) is 0 Å². The molecule has 0 aliphatic rings. The van der Waals surface area contributed by atoms with Gasteiger partial charge in [-0.3, -0.25) is 4.57 Å². The van der Waals surface area contributed by atoms with Crippen molar-refractivity contribution in [3.63, 3.8) is 0 Å². The summed E-state index contributed by atoms with van der Waals surface area (Å²) in [7, 11) is 0. The number of aromatic nitrogens is 4. The van der Waals surface area contributed by atoms with Crippen molar-refractivity contribution in [1.82, 2.24) is 19.5 Å². The predicted molar refractivity (Wildman–Crippen MR) is 254 cm³/mol. The van der Waals surface area contributed by atoms with Gasteiger partial charge in [0.05, 0.1) is 5.52 Å². The number of hydrogen-bond donors (Lipinski definition) is 0. The van der Waals surface area contributed by atoms with Crippen LogP contribution in [0.25, 0.3) is 117 Å². The second kappa shape index (κ2) is 14.7. The van der Waals surface area contributed by atoms with Crippen molar-refractivity contribution in [1.29, 1.82) is 0 Å². The van der Waals surface area contributed by atoms with E-state index in [1.54, 1.807) is 0 Å². The van der Waals surface area contributed by atoms with Crippen molar-refractivity contribution >= 4 is 43.7 Å². The quantitative estimate of drug-likeness (QED) is 0.161. The van der Waals surface area contributed by atoms with E-state index in [0.717, 1.165) is 99.4 Å². The zero-order valence-electron chi connectivity index (χ0n) is 33.5. The SMILES string of the molecule is c1ccc(-c2ccc(-c3nc(-c4cccc(-c5ccccc5)c4)nc(-n4c5ccccc5c5ccc6c7cc(-c8ccccc8)cc(-c8ccccc8)c7oc6c54)n3)cc2)cc1. The van der Waals surface area contributed by atoms with E-state index in [9.17, 15) is 0 Å². The van der Waals surface area contributed by atoms with Crippen molar-refractivity contribution in [3.8, 4) is 73.2 Å². The molecular formula is C57H36N4O. The maximum absolute atomic E-state index is 7.19. The van der Waals surface area contributed by atoms with E-state index >= 15 is 0 Å². The molecule has 12 aromatic rings. The lowest BCUT2D eigenvalue weighted by Crippen LogP contribution is -2.06. The van der Waals surface area contributed by atoms with Gasteiger partial charge in [-0.05, 0) is 69.3 Å². The molecule has 0 atom stereocenters. The molecule has 0 saturated carbocycles. The van der Waals surface area contributed by atoms with Gasteiger partial charge in [-0.1, -0.05) is 188 Å².